The molecule has 0 unspecified atom stereocenters. The highest BCUT2D eigenvalue weighted by molar-refractivity contribution is 6.09. The van der Waals surface area contributed by atoms with E-state index in [9.17, 15) is 0 Å². The van der Waals surface area contributed by atoms with Gasteiger partial charge in [-0.1, -0.05) is 90.1 Å². The molecule has 0 bridgehead atoms. The first-order chi connectivity index (χ1) is 27.9. The maximum absolute atomic E-state index is 6.90. The Balaban J connectivity index is 1.17. The normalized spacial score (nSPS) is 14.1. The summed E-state index contributed by atoms with van der Waals surface area (Å²) in [5.41, 5.74) is 12.0. The van der Waals surface area contributed by atoms with Gasteiger partial charge in [-0.05, 0) is 94.8 Å². The summed E-state index contributed by atoms with van der Waals surface area (Å²) < 4.78 is 20.6. The molecule has 284 valence electrons. The average molecular weight is 758 g/mol. The number of hydrogen-bond acceptors (Lipinski definition) is 3. The molecule has 0 saturated carbocycles. The SMILES string of the molecule is C[n+]1cn2c3c(cccc31)C1(c3cc(C(C)(C)C)ccc3Oc3ccc(C(C)(C)C)cc31)c1ccc(Oc3ccc4c5ccccc5n(-c5ccccn5)c4c3)cc1-2. The highest BCUT2D eigenvalue weighted by Crippen LogP contribution is 2.60. The van der Waals surface area contributed by atoms with Gasteiger partial charge in [0.05, 0.1) is 23.5 Å². The van der Waals surface area contributed by atoms with Gasteiger partial charge in [0.25, 0.3) is 0 Å². The van der Waals surface area contributed by atoms with Gasteiger partial charge in [-0.2, -0.15) is 4.57 Å². The lowest BCUT2D eigenvalue weighted by atomic mass is 9.60. The van der Waals surface area contributed by atoms with Crippen molar-refractivity contribution in [3.63, 3.8) is 0 Å². The molecule has 11 rings (SSSR count). The van der Waals surface area contributed by atoms with E-state index in [1.807, 2.05) is 18.3 Å². The Bertz CT molecular complexity index is 3090. The van der Waals surface area contributed by atoms with Gasteiger partial charge < -0.3 is 9.47 Å². The number of aryl methyl sites for hydroxylation is 1. The molecule has 1 spiro atoms. The average Bonchev–Trinajstić information content (AvgIpc) is 3.73. The Hall–Kier alpha value is -6.66. The quantitative estimate of drug-likeness (QED) is 0.169. The monoisotopic (exact) mass is 757 g/mol. The van der Waals surface area contributed by atoms with E-state index in [1.165, 1.54) is 33.2 Å². The number of hydrogen-bond donors (Lipinski definition) is 0. The van der Waals surface area contributed by atoms with Crippen LogP contribution in [0.2, 0.25) is 0 Å². The summed E-state index contributed by atoms with van der Waals surface area (Å²) in [6, 6.07) is 48.0. The third-order valence-electron chi connectivity index (χ3n) is 12.4. The lowest BCUT2D eigenvalue weighted by Crippen LogP contribution is -2.38. The Morgan fingerprint density at radius 3 is 1.98 bits per heavy atom. The number of benzene rings is 6. The molecule has 6 nitrogen and oxygen atoms in total. The number of nitrogens with zero attached hydrogens (tertiary/aromatic N) is 4. The topological polar surface area (TPSA) is 45.1 Å². The van der Waals surface area contributed by atoms with Crippen LogP contribution < -0.4 is 14.0 Å². The molecule has 0 aliphatic carbocycles. The van der Waals surface area contributed by atoms with Crippen molar-refractivity contribution in [3.05, 3.63) is 179 Å². The third-order valence-corrected chi connectivity index (χ3v) is 12.4. The molecule has 0 saturated heterocycles. The number of fused-ring (bicyclic) bond motifs is 11. The van der Waals surface area contributed by atoms with Crippen LogP contribution in [0, 0.1) is 0 Å². The van der Waals surface area contributed by atoms with Crippen molar-refractivity contribution >= 4 is 32.8 Å². The molecular weight excluding hydrogens is 713 g/mol. The number of para-hydroxylation sites is 2. The van der Waals surface area contributed by atoms with Crippen LogP contribution in [-0.2, 0) is 23.3 Å². The molecule has 0 atom stereocenters. The van der Waals surface area contributed by atoms with Crippen LogP contribution in [0.25, 0.3) is 44.3 Å². The van der Waals surface area contributed by atoms with Crippen molar-refractivity contribution in [1.82, 2.24) is 14.1 Å². The lowest BCUT2D eigenvalue weighted by molar-refractivity contribution is -0.645. The van der Waals surface area contributed by atoms with E-state index in [-0.39, 0.29) is 10.8 Å². The summed E-state index contributed by atoms with van der Waals surface area (Å²) in [5, 5.41) is 2.33. The Morgan fingerprint density at radius 2 is 1.28 bits per heavy atom. The molecule has 3 aromatic heterocycles. The van der Waals surface area contributed by atoms with Crippen molar-refractivity contribution in [3.8, 4) is 34.5 Å². The minimum atomic E-state index is -0.678. The van der Waals surface area contributed by atoms with E-state index < -0.39 is 5.41 Å². The van der Waals surface area contributed by atoms with E-state index in [0.717, 1.165) is 67.6 Å². The summed E-state index contributed by atoms with van der Waals surface area (Å²) in [6.45, 7) is 13.7. The molecule has 2 aliphatic rings. The number of ether oxygens (including phenoxy) is 2. The number of aromatic nitrogens is 4. The summed E-state index contributed by atoms with van der Waals surface area (Å²) in [6.07, 6.45) is 4.05. The highest BCUT2D eigenvalue weighted by atomic mass is 16.5. The molecule has 58 heavy (non-hydrogen) atoms. The van der Waals surface area contributed by atoms with Crippen LogP contribution in [0.1, 0.15) is 74.9 Å². The van der Waals surface area contributed by atoms with Crippen molar-refractivity contribution in [2.24, 2.45) is 7.05 Å². The minimum Gasteiger partial charge on any atom is -0.457 e. The fourth-order valence-electron chi connectivity index (χ4n) is 9.57. The van der Waals surface area contributed by atoms with Gasteiger partial charge in [-0.25, -0.2) is 9.55 Å². The lowest BCUT2D eigenvalue weighted by Gasteiger charge is -2.44. The molecule has 0 fully saturated rings. The van der Waals surface area contributed by atoms with Crippen LogP contribution in [0.4, 0.5) is 0 Å². The predicted octanol–water partition coefficient (Wildman–Crippen LogP) is 12.1. The van der Waals surface area contributed by atoms with Crippen LogP contribution in [0.5, 0.6) is 23.0 Å². The Labute approximate surface area is 338 Å². The van der Waals surface area contributed by atoms with Crippen molar-refractivity contribution in [2.45, 2.75) is 57.8 Å². The largest absolute Gasteiger partial charge is 0.457 e. The molecule has 0 amide bonds. The molecule has 6 heteroatoms. The second kappa shape index (κ2) is 11.9. The second-order valence-electron chi connectivity index (χ2n) is 18.0. The van der Waals surface area contributed by atoms with Crippen molar-refractivity contribution in [2.75, 3.05) is 0 Å². The summed E-state index contributed by atoms with van der Waals surface area (Å²) >= 11 is 0. The van der Waals surface area contributed by atoms with Crippen molar-refractivity contribution in [1.29, 1.82) is 0 Å². The van der Waals surface area contributed by atoms with Gasteiger partial charge >= 0.3 is 0 Å². The van der Waals surface area contributed by atoms with Gasteiger partial charge in [0.15, 0.2) is 11.0 Å². The zero-order valence-corrected chi connectivity index (χ0v) is 34.0. The number of imidazole rings is 1. The van der Waals surface area contributed by atoms with Gasteiger partial charge in [-0.15, -0.1) is 0 Å². The van der Waals surface area contributed by atoms with Crippen LogP contribution >= 0.6 is 0 Å². The molecule has 9 aromatic rings. The minimum absolute atomic E-state index is 0.0685. The van der Waals surface area contributed by atoms with E-state index in [2.05, 4.69) is 190 Å². The number of rotatable bonds is 3. The summed E-state index contributed by atoms with van der Waals surface area (Å²) in [4.78, 5) is 4.74. The Morgan fingerprint density at radius 1 is 0.603 bits per heavy atom. The van der Waals surface area contributed by atoms with Gasteiger partial charge in [-0.3, -0.25) is 4.57 Å². The van der Waals surface area contributed by atoms with Crippen molar-refractivity contribution < 1.29 is 14.0 Å². The molecule has 0 N–H and O–H groups in total. The zero-order chi connectivity index (χ0) is 39.7. The fourth-order valence-corrected chi connectivity index (χ4v) is 9.57. The fraction of sp³-hybridized carbons (Fsp3) is 0.192. The van der Waals surface area contributed by atoms with Gasteiger partial charge in [0.1, 0.15) is 34.5 Å². The predicted molar refractivity (Wildman–Crippen MR) is 232 cm³/mol. The molecule has 6 aromatic carbocycles. The van der Waals surface area contributed by atoms with Crippen LogP contribution in [0.3, 0.4) is 0 Å². The summed E-state index contributed by atoms with van der Waals surface area (Å²) in [5.74, 6) is 4.15. The van der Waals surface area contributed by atoms with Crippen LogP contribution in [-0.4, -0.2) is 14.1 Å². The molecular formula is C52H45N4O2+. The smallest absolute Gasteiger partial charge is 0.249 e. The molecule has 5 heterocycles. The summed E-state index contributed by atoms with van der Waals surface area (Å²) in [7, 11) is 2.14. The maximum Gasteiger partial charge on any atom is 0.249 e. The molecule has 2 aliphatic heterocycles. The maximum atomic E-state index is 6.90. The Kier molecular flexibility index (Phi) is 7.11. The van der Waals surface area contributed by atoms with E-state index in [0.29, 0.717) is 0 Å². The zero-order valence-electron chi connectivity index (χ0n) is 34.0. The highest BCUT2D eigenvalue weighted by Gasteiger charge is 2.53. The van der Waals surface area contributed by atoms with E-state index >= 15 is 0 Å². The van der Waals surface area contributed by atoms with E-state index in [1.54, 1.807) is 0 Å². The van der Waals surface area contributed by atoms with Crippen LogP contribution in [0.15, 0.2) is 146 Å². The number of pyridine rings is 1. The first-order valence-electron chi connectivity index (χ1n) is 20.2. The van der Waals surface area contributed by atoms with Gasteiger partial charge in [0.2, 0.25) is 6.33 Å². The van der Waals surface area contributed by atoms with E-state index in [4.69, 9.17) is 14.5 Å². The molecule has 0 radical (unpaired) electrons. The first kappa shape index (κ1) is 34.6. The third kappa shape index (κ3) is 4.84. The van der Waals surface area contributed by atoms with Gasteiger partial charge in [0, 0.05) is 51.4 Å². The standard InChI is InChI=1S/C52H45N4O2/c1-50(2,3)32-18-24-46-40(27-32)52(41-28-33(51(4,5)6)19-25-47(41)58-46)38-23-21-35(30-45(38)55-31-54(7)43-16-12-14-39(52)49(43)55)57-34-20-22-37-36-13-8-9-15-42(36)56(44(37)29-34)48-17-10-11-26-53-48/h8-31H,1-7H3/q+1. The second-order valence-corrected chi connectivity index (χ2v) is 18.0. The first-order valence-corrected chi connectivity index (χ1v) is 20.2.